The van der Waals surface area contributed by atoms with Crippen LogP contribution in [-0.4, -0.2) is 31.8 Å². The summed E-state index contributed by atoms with van der Waals surface area (Å²) in [5.74, 6) is -1.08. The Bertz CT molecular complexity index is 1360. The van der Waals surface area contributed by atoms with Gasteiger partial charge in [-0.25, -0.2) is 0 Å². The Morgan fingerprint density at radius 1 is 1.09 bits per heavy atom. The lowest BCUT2D eigenvalue weighted by atomic mass is 10.2. The highest BCUT2D eigenvalue weighted by atomic mass is 19.4. The molecule has 0 atom stereocenters. The van der Waals surface area contributed by atoms with E-state index in [9.17, 15) is 27.6 Å². The fourth-order valence-electron chi connectivity index (χ4n) is 3.98. The summed E-state index contributed by atoms with van der Waals surface area (Å²) in [6.45, 7) is 0.220. The van der Waals surface area contributed by atoms with Crippen molar-refractivity contribution in [3.8, 4) is 11.4 Å². The number of fused-ring (bicyclic) bond motifs is 1. The van der Waals surface area contributed by atoms with Gasteiger partial charge in [-0.2, -0.15) is 4.68 Å². The molecule has 0 saturated carbocycles. The van der Waals surface area contributed by atoms with Crippen LogP contribution in [0.4, 0.5) is 24.7 Å². The Kier molecular flexibility index (Phi) is 6.63. The van der Waals surface area contributed by atoms with Crippen molar-refractivity contribution >= 4 is 17.5 Å². The molecule has 3 aromatic rings. The minimum Gasteiger partial charge on any atom is -0.481 e. The zero-order chi connectivity index (χ0) is 25.2. The third-order valence-electron chi connectivity index (χ3n) is 5.53. The predicted molar refractivity (Wildman–Crippen MR) is 119 cm³/mol. The maximum absolute atomic E-state index is 13.0. The molecule has 2 aromatic heterocycles. The van der Waals surface area contributed by atoms with Crippen molar-refractivity contribution in [2.24, 2.45) is 0 Å². The van der Waals surface area contributed by atoms with Crippen molar-refractivity contribution in [2.75, 3.05) is 5.32 Å². The number of ether oxygens (including phenoxy) is 1. The summed E-state index contributed by atoms with van der Waals surface area (Å²) in [5, 5.41) is 16.2. The van der Waals surface area contributed by atoms with Gasteiger partial charge in [-0.1, -0.05) is 0 Å². The fourth-order valence-corrected chi connectivity index (χ4v) is 3.98. The molecular weight excluding hydrogens is 469 g/mol. The number of benzene rings is 1. The average Bonchev–Trinajstić information content (AvgIpc) is 3.28. The molecule has 0 amide bonds. The summed E-state index contributed by atoms with van der Waals surface area (Å²) < 4.78 is 43.7. The van der Waals surface area contributed by atoms with E-state index in [4.69, 9.17) is 5.11 Å². The van der Waals surface area contributed by atoms with Gasteiger partial charge in [0.05, 0.1) is 5.69 Å². The number of hydrogen-bond donors (Lipinski definition) is 2. The van der Waals surface area contributed by atoms with Gasteiger partial charge in [0.15, 0.2) is 5.82 Å². The fraction of sp³-hybridized carbons (Fsp3) is 0.304. The third-order valence-corrected chi connectivity index (χ3v) is 5.53. The number of alkyl halides is 3. The van der Waals surface area contributed by atoms with Crippen LogP contribution in [0.1, 0.15) is 30.4 Å². The molecule has 184 valence electrons. The maximum Gasteiger partial charge on any atom is 0.573 e. The van der Waals surface area contributed by atoms with Gasteiger partial charge in [0.25, 0.3) is 11.1 Å². The first kappa shape index (κ1) is 24.0. The van der Waals surface area contributed by atoms with Crippen LogP contribution in [0, 0.1) is 0 Å². The Balaban J connectivity index is 1.67. The van der Waals surface area contributed by atoms with Crippen LogP contribution in [0.5, 0.6) is 5.75 Å². The van der Waals surface area contributed by atoms with Crippen LogP contribution in [0.3, 0.4) is 0 Å². The molecule has 0 unspecified atom stereocenters. The summed E-state index contributed by atoms with van der Waals surface area (Å²) in [6.07, 6.45) is -1.26. The average molecular weight is 490 g/mol. The Morgan fingerprint density at radius 2 is 1.80 bits per heavy atom. The molecule has 1 aromatic carbocycles. The number of pyridine rings is 1. The largest absolute Gasteiger partial charge is 0.573 e. The smallest absolute Gasteiger partial charge is 0.481 e. The highest BCUT2D eigenvalue weighted by Crippen LogP contribution is 2.28. The summed E-state index contributed by atoms with van der Waals surface area (Å²) in [4.78, 5) is 36.6. The van der Waals surface area contributed by atoms with E-state index < -0.39 is 18.1 Å². The molecule has 2 heterocycles. The lowest BCUT2D eigenvalue weighted by Crippen LogP contribution is -2.27. The van der Waals surface area contributed by atoms with Gasteiger partial charge >= 0.3 is 12.3 Å². The Labute approximate surface area is 196 Å². The van der Waals surface area contributed by atoms with Gasteiger partial charge < -0.3 is 19.7 Å². The van der Waals surface area contributed by atoms with Crippen LogP contribution in [-0.2, 0) is 24.2 Å². The lowest BCUT2D eigenvalue weighted by molar-refractivity contribution is -0.274. The van der Waals surface area contributed by atoms with Gasteiger partial charge in [0.2, 0.25) is 0 Å². The van der Waals surface area contributed by atoms with Crippen molar-refractivity contribution in [3.05, 3.63) is 74.4 Å². The molecule has 12 heteroatoms. The molecule has 1 aliphatic rings. The van der Waals surface area contributed by atoms with E-state index in [2.05, 4.69) is 15.2 Å². The molecule has 35 heavy (non-hydrogen) atoms. The normalized spacial score (nSPS) is 12.9. The number of aryl methyl sites for hydroxylation is 1. The zero-order valence-corrected chi connectivity index (χ0v) is 18.3. The molecule has 0 aliphatic heterocycles. The second-order valence-electron chi connectivity index (χ2n) is 7.96. The SMILES string of the molecule is O=C(O)CCCn1cccc(Nc2nn(-c3ccc(OC(F)(F)F)cc3)c(=O)c3c2CCC3)c1=O. The van der Waals surface area contributed by atoms with E-state index in [1.54, 1.807) is 18.3 Å². The first-order chi connectivity index (χ1) is 16.6. The molecule has 0 bridgehead atoms. The Hall–Kier alpha value is -4.09. The molecule has 1 aliphatic carbocycles. The molecule has 0 fully saturated rings. The summed E-state index contributed by atoms with van der Waals surface area (Å²) in [6, 6.07) is 7.95. The monoisotopic (exact) mass is 490 g/mol. The second kappa shape index (κ2) is 9.65. The van der Waals surface area contributed by atoms with E-state index >= 15 is 0 Å². The van der Waals surface area contributed by atoms with Gasteiger partial charge in [-0.05, 0) is 62.1 Å². The highest BCUT2D eigenvalue weighted by molar-refractivity contribution is 5.66. The van der Waals surface area contributed by atoms with Gasteiger partial charge in [-0.15, -0.1) is 18.3 Å². The van der Waals surface area contributed by atoms with Crippen molar-refractivity contribution in [2.45, 2.75) is 45.0 Å². The standard InChI is InChI=1S/C23H21F3N4O5/c24-23(25,26)35-15-10-8-14(9-11-15)30-21(33)17-5-1-4-16(17)20(28-30)27-18-6-2-12-29(22(18)34)13-3-7-19(31)32/h2,6,8-12H,1,3-5,7,13H2,(H,27,28)(H,31,32). The van der Waals surface area contributed by atoms with E-state index in [0.29, 0.717) is 29.8 Å². The number of hydrogen-bond acceptors (Lipinski definition) is 6. The number of halogens is 3. The molecule has 2 N–H and O–H groups in total. The number of anilines is 2. The number of rotatable bonds is 8. The molecule has 4 rings (SSSR count). The van der Waals surface area contributed by atoms with Crippen molar-refractivity contribution < 1.29 is 27.8 Å². The predicted octanol–water partition coefficient (Wildman–Crippen LogP) is 3.39. The van der Waals surface area contributed by atoms with Gasteiger partial charge in [0.1, 0.15) is 11.4 Å². The van der Waals surface area contributed by atoms with Crippen molar-refractivity contribution in [1.82, 2.24) is 14.3 Å². The second-order valence-corrected chi connectivity index (χ2v) is 7.96. The summed E-state index contributed by atoms with van der Waals surface area (Å²) in [5.41, 5.74) is 0.884. The van der Waals surface area contributed by atoms with Crippen LogP contribution in [0.2, 0.25) is 0 Å². The Morgan fingerprint density at radius 3 is 2.49 bits per heavy atom. The number of carboxylic acids is 1. The quantitative estimate of drug-likeness (QED) is 0.497. The van der Waals surface area contributed by atoms with Gasteiger partial charge in [-0.3, -0.25) is 14.4 Å². The first-order valence-corrected chi connectivity index (χ1v) is 10.8. The maximum atomic E-state index is 13.0. The summed E-state index contributed by atoms with van der Waals surface area (Å²) >= 11 is 0. The summed E-state index contributed by atoms with van der Waals surface area (Å²) in [7, 11) is 0. The van der Waals surface area contributed by atoms with Crippen LogP contribution in [0.25, 0.3) is 5.69 Å². The topological polar surface area (TPSA) is 115 Å². The van der Waals surface area contributed by atoms with E-state index in [-0.39, 0.29) is 41.9 Å². The minimum atomic E-state index is -4.84. The van der Waals surface area contributed by atoms with Crippen LogP contribution >= 0.6 is 0 Å². The van der Waals surface area contributed by atoms with Gasteiger partial charge in [0, 0.05) is 30.3 Å². The van der Waals surface area contributed by atoms with E-state index in [1.165, 1.54) is 16.7 Å². The number of nitrogens with one attached hydrogen (secondary N) is 1. The number of aromatic nitrogens is 3. The van der Waals surface area contributed by atoms with Crippen molar-refractivity contribution in [3.63, 3.8) is 0 Å². The lowest BCUT2D eigenvalue weighted by Gasteiger charge is -2.15. The van der Waals surface area contributed by atoms with Crippen LogP contribution < -0.4 is 21.2 Å². The number of carbonyl (C=O) groups is 1. The molecule has 0 spiro atoms. The third kappa shape index (κ3) is 5.53. The number of aliphatic carboxylic acids is 1. The molecule has 9 nitrogen and oxygen atoms in total. The van der Waals surface area contributed by atoms with Crippen LogP contribution in [0.15, 0.2) is 52.2 Å². The first-order valence-electron chi connectivity index (χ1n) is 10.8. The molecular formula is C23H21F3N4O5. The number of nitrogens with zero attached hydrogens (tertiary/aromatic N) is 3. The van der Waals surface area contributed by atoms with Crippen molar-refractivity contribution in [1.29, 1.82) is 0 Å². The zero-order valence-electron chi connectivity index (χ0n) is 18.3. The minimum absolute atomic E-state index is 0.0725. The molecule has 0 saturated heterocycles. The number of carboxylic acid groups (broad SMARTS) is 1. The van der Waals surface area contributed by atoms with E-state index in [1.807, 2.05) is 0 Å². The van der Waals surface area contributed by atoms with E-state index in [0.717, 1.165) is 23.2 Å². The molecule has 0 radical (unpaired) electrons. The highest BCUT2D eigenvalue weighted by Gasteiger charge is 2.31.